The van der Waals surface area contributed by atoms with Gasteiger partial charge in [-0.1, -0.05) is 17.7 Å². The van der Waals surface area contributed by atoms with Crippen molar-refractivity contribution < 1.29 is 9.59 Å². The Morgan fingerprint density at radius 3 is 2.36 bits per heavy atom. The van der Waals surface area contributed by atoms with Crippen molar-refractivity contribution >= 4 is 34.2 Å². The van der Waals surface area contributed by atoms with Crippen LogP contribution in [-0.4, -0.2) is 36.6 Å². The zero-order valence-electron chi connectivity index (χ0n) is 21.2. The molecule has 188 valence electrons. The molecule has 4 aromatic rings. The molecule has 0 aliphatic carbocycles. The fourth-order valence-electron chi connectivity index (χ4n) is 4.22. The average Bonchev–Trinajstić information content (AvgIpc) is 3.10. The molecule has 2 amide bonds. The molecule has 0 spiro atoms. The average molecular weight is 491 g/mol. The Hall–Kier alpha value is -4.21. The van der Waals surface area contributed by atoms with E-state index in [1.165, 1.54) is 15.0 Å². The largest absolute Gasteiger partial charge is 0.352 e. The molecule has 0 radical (unpaired) electrons. The Bertz CT molecular complexity index is 1620. The molecule has 0 saturated carbocycles. The van der Waals surface area contributed by atoms with Crippen LogP contribution in [0.25, 0.3) is 16.7 Å². The monoisotopic (exact) mass is 490 g/mol. The first-order valence-electron chi connectivity index (χ1n) is 11.8. The van der Waals surface area contributed by atoms with Crippen LogP contribution in [0.2, 0.25) is 0 Å². The molecule has 0 bridgehead atoms. The van der Waals surface area contributed by atoms with Crippen LogP contribution in [0.3, 0.4) is 0 Å². The minimum atomic E-state index is -0.582. The van der Waals surface area contributed by atoms with Crippen molar-refractivity contribution in [3.63, 3.8) is 0 Å². The van der Waals surface area contributed by atoms with Gasteiger partial charge in [-0.15, -0.1) is 5.10 Å². The number of fused-ring (bicyclic) bond motifs is 3. The van der Waals surface area contributed by atoms with Crippen LogP contribution in [0.1, 0.15) is 55.2 Å². The van der Waals surface area contributed by atoms with Gasteiger partial charge in [0.2, 0.25) is 11.7 Å². The summed E-state index contributed by atoms with van der Waals surface area (Å²) in [5.41, 5.74) is 2.27. The highest BCUT2D eigenvalue weighted by Gasteiger charge is 2.21. The Morgan fingerprint density at radius 1 is 1.00 bits per heavy atom. The molecule has 2 aromatic carbocycles. The predicted molar refractivity (Wildman–Crippen MR) is 139 cm³/mol. The lowest BCUT2D eigenvalue weighted by molar-refractivity contribution is -0.117. The molecule has 10 nitrogen and oxygen atoms in total. The number of nitrogens with zero attached hydrogens (tertiary/aromatic N) is 4. The first kappa shape index (κ1) is 24.9. The van der Waals surface area contributed by atoms with E-state index < -0.39 is 11.6 Å². The van der Waals surface area contributed by atoms with Gasteiger partial charge in [-0.3, -0.25) is 19.0 Å². The first-order valence-corrected chi connectivity index (χ1v) is 11.8. The third-order valence-electron chi connectivity index (χ3n) is 5.87. The molecule has 0 aliphatic heterocycles. The molecular weight excluding hydrogens is 460 g/mol. The Morgan fingerprint density at radius 2 is 1.72 bits per heavy atom. The molecule has 2 aromatic heterocycles. The van der Waals surface area contributed by atoms with Crippen LogP contribution >= 0.6 is 0 Å². The van der Waals surface area contributed by atoms with Gasteiger partial charge >= 0.3 is 5.69 Å². The summed E-state index contributed by atoms with van der Waals surface area (Å²) in [6, 6.07) is 9.88. The molecule has 0 saturated heterocycles. The van der Waals surface area contributed by atoms with Gasteiger partial charge in [0.1, 0.15) is 6.54 Å². The highest BCUT2D eigenvalue weighted by molar-refractivity contribution is 5.98. The van der Waals surface area contributed by atoms with Crippen molar-refractivity contribution in [1.29, 1.82) is 0 Å². The van der Waals surface area contributed by atoms with Gasteiger partial charge in [-0.2, -0.15) is 0 Å². The summed E-state index contributed by atoms with van der Waals surface area (Å²) >= 11 is 0. The smallest absolute Gasteiger partial charge is 0.350 e. The van der Waals surface area contributed by atoms with Gasteiger partial charge in [0, 0.05) is 23.3 Å². The zero-order valence-corrected chi connectivity index (χ0v) is 21.2. The molecule has 36 heavy (non-hydrogen) atoms. The van der Waals surface area contributed by atoms with E-state index in [2.05, 4.69) is 15.7 Å². The Kier molecular flexibility index (Phi) is 6.53. The van der Waals surface area contributed by atoms with Crippen LogP contribution < -0.4 is 21.9 Å². The number of rotatable bonds is 6. The molecule has 0 aliphatic rings. The van der Waals surface area contributed by atoms with Crippen molar-refractivity contribution in [3.05, 3.63) is 73.9 Å². The van der Waals surface area contributed by atoms with E-state index in [-0.39, 0.29) is 46.8 Å². The molecular formula is C26H30N6O4. The maximum atomic E-state index is 13.5. The summed E-state index contributed by atoms with van der Waals surface area (Å²) in [5, 5.41) is 10.3. The van der Waals surface area contributed by atoms with E-state index >= 15 is 0 Å². The highest BCUT2D eigenvalue weighted by atomic mass is 16.2. The lowest BCUT2D eigenvalue weighted by Gasteiger charge is -2.13. The number of carbonyl (C=O) groups is 2. The van der Waals surface area contributed by atoms with Crippen LogP contribution in [0.5, 0.6) is 0 Å². The highest BCUT2D eigenvalue weighted by Crippen LogP contribution is 2.18. The molecule has 2 heterocycles. The van der Waals surface area contributed by atoms with Crippen molar-refractivity contribution in [2.24, 2.45) is 0 Å². The van der Waals surface area contributed by atoms with E-state index in [1.807, 2.05) is 59.7 Å². The minimum Gasteiger partial charge on any atom is -0.350 e. The molecule has 0 unspecified atom stereocenters. The van der Waals surface area contributed by atoms with Gasteiger partial charge < -0.3 is 10.6 Å². The summed E-state index contributed by atoms with van der Waals surface area (Å²) in [4.78, 5) is 52.2. The predicted octanol–water partition coefficient (Wildman–Crippen LogP) is 2.79. The number of benzene rings is 2. The summed E-state index contributed by atoms with van der Waals surface area (Å²) in [6.45, 7) is 10.8. The van der Waals surface area contributed by atoms with E-state index in [4.69, 9.17) is 0 Å². The van der Waals surface area contributed by atoms with Crippen molar-refractivity contribution in [3.8, 4) is 0 Å². The number of hydrogen-bond donors (Lipinski definition) is 2. The lowest BCUT2D eigenvalue weighted by Crippen LogP contribution is -2.31. The normalized spacial score (nSPS) is 11.6. The van der Waals surface area contributed by atoms with E-state index in [1.54, 1.807) is 12.1 Å². The third kappa shape index (κ3) is 4.53. The van der Waals surface area contributed by atoms with Gasteiger partial charge in [-0.05, 0) is 71.4 Å². The Labute approximate surface area is 207 Å². The summed E-state index contributed by atoms with van der Waals surface area (Å²) in [6.07, 6.45) is 0. The second-order valence-electron chi connectivity index (χ2n) is 9.57. The summed E-state index contributed by atoms with van der Waals surface area (Å²) in [5.74, 6) is -0.637. The molecule has 4 rings (SSSR count). The number of aromatic nitrogens is 4. The zero-order chi connectivity index (χ0) is 26.3. The van der Waals surface area contributed by atoms with Crippen molar-refractivity contribution in [2.45, 2.75) is 60.2 Å². The fourth-order valence-corrected chi connectivity index (χ4v) is 4.22. The summed E-state index contributed by atoms with van der Waals surface area (Å²) < 4.78 is 3.73. The van der Waals surface area contributed by atoms with Crippen LogP contribution in [-0.2, 0) is 11.3 Å². The minimum absolute atomic E-state index is 0.0803. The second-order valence-corrected chi connectivity index (χ2v) is 9.57. The van der Waals surface area contributed by atoms with Gasteiger partial charge in [-0.25, -0.2) is 13.9 Å². The van der Waals surface area contributed by atoms with Crippen molar-refractivity contribution in [2.75, 3.05) is 5.32 Å². The maximum absolute atomic E-state index is 13.5. The number of aryl methyl sites for hydroxylation is 2. The molecule has 0 fully saturated rings. The molecule has 2 N–H and O–H groups in total. The van der Waals surface area contributed by atoms with Crippen molar-refractivity contribution in [1.82, 2.24) is 24.1 Å². The van der Waals surface area contributed by atoms with E-state index in [0.717, 1.165) is 15.8 Å². The topological polar surface area (TPSA) is 120 Å². The Balaban J connectivity index is 1.84. The van der Waals surface area contributed by atoms with E-state index in [0.29, 0.717) is 11.3 Å². The quantitative estimate of drug-likeness (QED) is 0.431. The standard InChI is InChI=1S/C26H30N6O4/c1-14(2)27-23(34)18-8-9-19-21(12-18)32-25(31(15(3)4)24(19)35)29-30(26(32)36)13-22(33)28-20-10-7-16(5)11-17(20)6/h7-12,14-15H,13H2,1-6H3,(H,27,34)(H,28,33). The molecule has 0 atom stereocenters. The fraction of sp³-hybridized carbons (Fsp3) is 0.346. The first-order chi connectivity index (χ1) is 17.0. The summed E-state index contributed by atoms with van der Waals surface area (Å²) in [7, 11) is 0. The van der Waals surface area contributed by atoms with Gasteiger partial charge in [0.25, 0.3) is 11.5 Å². The number of nitrogens with one attached hydrogen (secondary N) is 2. The second kappa shape index (κ2) is 9.44. The number of hydrogen-bond acceptors (Lipinski definition) is 5. The third-order valence-corrected chi connectivity index (χ3v) is 5.87. The maximum Gasteiger partial charge on any atom is 0.352 e. The number of amides is 2. The SMILES string of the molecule is Cc1ccc(NC(=O)Cn2nc3n(C(C)C)c(=O)c4ccc(C(=O)NC(C)C)cc4n3c2=O)c(C)c1. The van der Waals surface area contributed by atoms with Gasteiger partial charge in [0.15, 0.2) is 0 Å². The van der Waals surface area contributed by atoms with Crippen LogP contribution in [0, 0.1) is 13.8 Å². The van der Waals surface area contributed by atoms with Crippen LogP contribution in [0.4, 0.5) is 5.69 Å². The van der Waals surface area contributed by atoms with E-state index in [9.17, 15) is 19.2 Å². The number of carbonyl (C=O) groups excluding carboxylic acids is 2. The van der Waals surface area contributed by atoms with Crippen LogP contribution in [0.15, 0.2) is 46.0 Å². The molecule has 10 heteroatoms. The number of anilines is 1. The lowest BCUT2D eigenvalue weighted by atomic mass is 10.1. The van der Waals surface area contributed by atoms with Gasteiger partial charge in [0.05, 0.1) is 10.9 Å².